The van der Waals surface area contributed by atoms with Gasteiger partial charge in [-0.25, -0.2) is 0 Å². The molecular formula is C16H26N2O. The smallest absolute Gasteiger partial charge is 0.0574 e. The van der Waals surface area contributed by atoms with Crippen molar-refractivity contribution in [1.29, 1.82) is 0 Å². The van der Waals surface area contributed by atoms with Crippen LogP contribution in [0.15, 0.2) is 24.3 Å². The number of anilines is 1. The van der Waals surface area contributed by atoms with Gasteiger partial charge in [0.15, 0.2) is 0 Å². The van der Waals surface area contributed by atoms with Gasteiger partial charge in [0.05, 0.1) is 6.10 Å². The third-order valence-electron chi connectivity index (χ3n) is 3.98. The highest BCUT2D eigenvalue weighted by Gasteiger charge is 2.17. The summed E-state index contributed by atoms with van der Waals surface area (Å²) in [5.41, 5.74) is 2.65. The highest BCUT2D eigenvalue weighted by atomic mass is 16.3. The van der Waals surface area contributed by atoms with Crippen molar-refractivity contribution in [2.24, 2.45) is 0 Å². The molecule has 0 radical (unpaired) electrons. The molecule has 106 valence electrons. The fraction of sp³-hybridized carbons (Fsp3) is 0.625. The molecule has 0 aromatic heterocycles. The van der Waals surface area contributed by atoms with Crippen molar-refractivity contribution in [2.45, 2.75) is 45.3 Å². The molecule has 0 aliphatic carbocycles. The second kappa shape index (κ2) is 6.92. The lowest BCUT2D eigenvalue weighted by Crippen LogP contribution is -2.35. The van der Waals surface area contributed by atoms with Crippen LogP contribution in [-0.2, 0) is 0 Å². The number of hydrogen-bond donors (Lipinski definition) is 2. The largest absolute Gasteiger partial charge is 0.393 e. The minimum absolute atomic E-state index is 0.103. The Labute approximate surface area is 116 Å². The van der Waals surface area contributed by atoms with Crippen molar-refractivity contribution in [3.63, 3.8) is 0 Å². The maximum atomic E-state index is 9.55. The van der Waals surface area contributed by atoms with Crippen LogP contribution in [0, 0.1) is 0 Å². The predicted octanol–water partition coefficient (Wildman–Crippen LogP) is 2.71. The summed E-state index contributed by atoms with van der Waals surface area (Å²) in [5.74, 6) is 0. The van der Waals surface area contributed by atoms with Crippen LogP contribution >= 0.6 is 0 Å². The number of aliphatic hydroxyl groups excluding tert-OH is 1. The Bertz CT molecular complexity index is 369. The lowest BCUT2D eigenvalue weighted by molar-refractivity contribution is 0.145. The van der Waals surface area contributed by atoms with Crippen molar-refractivity contribution in [3.05, 3.63) is 29.8 Å². The van der Waals surface area contributed by atoms with Crippen molar-refractivity contribution in [2.75, 3.05) is 24.5 Å². The average Bonchev–Trinajstić information content (AvgIpc) is 2.46. The Morgan fingerprint density at radius 3 is 2.37 bits per heavy atom. The first-order valence-electron chi connectivity index (χ1n) is 7.51. The van der Waals surface area contributed by atoms with Crippen LogP contribution in [0.25, 0.3) is 0 Å². The van der Waals surface area contributed by atoms with Crippen LogP contribution in [0.2, 0.25) is 0 Å². The lowest BCUT2D eigenvalue weighted by Gasteiger charge is -2.31. The predicted molar refractivity (Wildman–Crippen MR) is 80.6 cm³/mol. The number of nitrogens with one attached hydrogen (secondary N) is 1. The van der Waals surface area contributed by atoms with E-state index in [1.807, 2.05) is 0 Å². The van der Waals surface area contributed by atoms with E-state index in [4.69, 9.17) is 0 Å². The molecule has 1 atom stereocenters. The maximum absolute atomic E-state index is 9.55. The summed E-state index contributed by atoms with van der Waals surface area (Å²) in [6, 6.07) is 9.36. The molecule has 1 fully saturated rings. The molecule has 3 nitrogen and oxygen atoms in total. The number of benzene rings is 1. The van der Waals surface area contributed by atoms with Crippen LogP contribution in [-0.4, -0.2) is 30.8 Å². The fourth-order valence-corrected chi connectivity index (χ4v) is 2.79. The molecule has 1 heterocycles. The van der Waals surface area contributed by atoms with Gasteiger partial charge >= 0.3 is 0 Å². The molecule has 3 heteroatoms. The number of aliphatic hydroxyl groups is 1. The maximum Gasteiger partial charge on any atom is 0.0574 e. The summed E-state index contributed by atoms with van der Waals surface area (Å²) in [5, 5.41) is 13.1. The second-order valence-corrected chi connectivity index (χ2v) is 5.33. The second-order valence-electron chi connectivity index (χ2n) is 5.33. The normalized spacial score (nSPS) is 18.6. The van der Waals surface area contributed by atoms with Gasteiger partial charge in [0.25, 0.3) is 0 Å². The molecule has 2 rings (SSSR count). The quantitative estimate of drug-likeness (QED) is 0.856. The molecule has 1 aromatic rings. The summed E-state index contributed by atoms with van der Waals surface area (Å²) in [4.78, 5) is 2.37. The van der Waals surface area contributed by atoms with E-state index in [1.54, 1.807) is 0 Å². The molecule has 19 heavy (non-hydrogen) atoms. The van der Waals surface area contributed by atoms with E-state index in [9.17, 15) is 5.11 Å². The molecular weight excluding hydrogens is 236 g/mol. The van der Waals surface area contributed by atoms with Crippen LogP contribution < -0.4 is 10.2 Å². The molecule has 0 saturated carbocycles. The van der Waals surface area contributed by atoms with Crippen molar-refractivity contribution in [1.82, 2.24) is 5.32 Å². The van der Waals surface area contributed by atoms with Crippen LogP contribution in [0.3, 0.4) is 0 Å². The van der Waals surface area contributed by atoms with Gasteiger partial charge in [0.1, 0.15) is 0 Å². The van der Waals surface area contributed by atoms with Gasteiger partial charge in [-0.15, -0.1) is 0 Å². The molecule has 2 N–H and O–H groups in total. The molecule has 1 aromatic carbocycles. The van der Waals surface area contributed by atoms with E-state index in [-0.39, 0.29) is 6.10 Å². The first kappa shape index (κ1) is 14.4. The van der Waals surface area contributed by atoms with Crippen LogP contribution in [0.1, 0.15) is 44.7 Å². The molecule has 0 bridgehead atoms. The van der Waals surface area contributed by atoms with Gasteiger partial charge < -0.3 is 15.3 Å². The van der Waals surface area contributed by atoms with Gasteiger partial charge in [0, 0.05) is 24.8 Å². The number of hydrogen-bond acceptors (Lipinski definition) is 3. The standard InChI is InChI=1S/C16H26N2O/c1-3-16(17-4-2)13-5-7-14(8-6-13)18-11-9-15(19)10-12-18/h5-8,15-17,19H,3-4,9-12H2,1-2H3. The third kappa shape index (κ3) is 3.71. The van der Waals surface area contributed by atoms with E-state index in [2.05, 4.69) is 48.3 Å². The highest BCUT2D eigenvalue weighted by Crippen LogP contribution is 2.23. The monoisotopic (exact) mass is 262 g/mol. The minimum atomic E-state index is -0.103. The number of piperidine rings is 1. The van der Waals surface area contributed by atoms with Gasteiger partial charge in [-0.2, -0.15) is 0 Å². The third-order valence-corrected chi connectivity index (χ3v) is 3.98. The van der Waals surface area contributed by atoms with Crippen LogP contribution in [0.5, 0.6) is 0 Å². The summed E-state index contributed by atoms with van der Waals surface area (Å²) in [6.45, 7) is 7.30. The minimum Gasteiger partial charge on any atom is -0.393 e. The van der Waals surface area contributed by atoms with Gasteiger partial charge in [-0.05, 0) is 43.5 Å². The Balaban J connectivity index is 2.01. The molecule has 1 aliphatic rings. The zero-order chi connectivity index (χ0) is 13.7. The topological polar surface area (TPSA) is 35.5 Å². The lowest BCUT2D eigenvalue weighted by atomic mass is 10.0. The Morgan fingerprint density at radius 1 is 1.21 bits per heavy atom. The Hall–Kier alpha value is -1.06. The zero-order valence-electron chi connectivity index (χ0n) is 12.1. The number of rotatable bonds is 5. The zero-order valence-corrected chi connectivity index (χ0v) is 12.1. The first-order chi connectivity index (χ1) is 9.24. The Kier molecular flexibility index (Phi) is 5.23. The molecule has 0 spiro atoms. The molecule has 1 aliphatic heterocycles. The molecule has 1 unspecified atom stereocenters. The highest BCUT2D eigenvalue weighted by molar-refractivity contribution is 5.48. The van der Waals surface area contributed by atoms with E-state index in [0.29, 0.717) is 6.04 Å². The fourth-order valence-electron chi connectivity index (χ4n) is 2.79. The van der Waals surface area contributed by atoms with Gasteiger partial charge in [-0.1, -0.05) is 26.0 Å². The number of nitrogens with zero attached hydrogens (tertiary/aromatic N) is 1. The summed E-state index contributed by atoms with van der Waals surface area (Å²) >= 11 is 0. The van der Waals surface area contributed by atoms with Crippen molar-refractivity contribution < 1.29 is 5.11 Å². The first-order valence-corrected chi connectivity index (χ1v) is 7.51. The van der Waals surface area contributed by atoms with Gasteiger partial charge in [-0.3, -0.25) is 0 Å². The Morgan fingerprint density at radius 2 is 1.84 bits per heavy atom. The average molecular weight is 262 g/mol. The molecule has 1 saturated heterocycles. The van der Waals surface area contributed by atoms with Crippen molar-refractivity contribution in [3.8, 4) is 0 Å². The van der Waals surface area contributed by atoms with E-state index < -0.39 is 0 Å². The van der Waals surface area contributed by atoms with E-state index >= 15 is 0 Å². The van der Waals surface area contributed by atoms with Crippen molar-refractivity contribution >= 4 is 5.69 Å². The summed E-state index contributed by atoms with van der Waals surface area (Å²) in [7, 11) is 0. The van der Waals surface area contributed by atoms with E-state index in [0.717, 1.165) is 38.9 Å². The van der Waals surface area contributed by atoms with Gasteiger partial charge in [0.2, 0.25) is 0 Å². The van der Waals surface area contributed by atoms with E-state index in [1.165, 1.54) is 11.3 Å². The molecule has 0 amide bonds. The summed E-state index contributed by atoms with van der Waals surface area (Å²) < 4.78 is 0. The SMILES string of the molecule is CCNC(CC)c1ccc(N2CCC(O)CC2)cc1. The summed E-state index contributed by atoms with van der Waals surface area (Å²) in [6.07, 6.45) is 2.78. The van der Waals surface area contributed by atoms with Crippen LogP contribution in [0.4, 0.5) is 5.69 Å².